The van der Waals surface area contributed by atoms with Crippen LogP contribution in [0.1, 0.15) is 21.7 Å². The molecule has 0 atom stereocenters. The monoisotopic (exact) mass is 331 g/mol. The first kappa shape index (κ1) is 16.3. The molecule has 126 valence electrons. The van der Waals surface area contributed by atoms with Crippen LogP contribution in [0.25, 0.3) is 0 Å². The molecule has 1 N–H and O–H groups in total. The van der Waals surface area contributed by atoms with Crippen molar-refractivity contribution < 1.29 is 13.9 Å². The molecule has 3 heterocycles. The lowest BCUT2D eigenvalue weighted by Crippen LogP contribution is -2.37. The molecule has 24 heavy (non-hydrogen) atoms. The van der Waals surface area contributed by atoms with Crippen molar-refractivity contribution >= 4 is 11.9 Å². The minimum atomic E-state index is -0.546. The van der Waals surface area contributed by atoms with Crippen LogP contribution in [0, 0.1) is 12.7 Å². The van der Waals surface area contributed by atoms with Crippen molar-refractivity contribution in [3.05, 3.63) is 47.3 Å². The number of rotatable bonds is 4. The molecule has 0 bridgehead atoms. The van der Waals surface area contributed by atoms with Gasteiger partial charge in [0, 0.05) is 25.0 Å². The molecule has 3 rings (SSSR count). The fraction of sp³-hybridized carbons (Fsp3) is 0.375. The van der Waals surface area contributed by atoms with Crippen molar-refractivity contribution in [1.82, 2.24) is 20.3 Å². The molecule has 8 heteroatoms. The molecule has 1 saturated heterocycles. The van der Waals surface area contributed by atoms with E-state index in [1.807, 2.05) is 13.0 Å². The quantitative estimate of drug-likeness (QED) is 0.903. The highest BCUT2D eigenvalue weighted by Crippen LogP contribution is 2.12. The number of nitrogens with one attached hydrogen (secondary N) is 1. The minimum Gasteiger partial charge on any atom is -0.378 e. The molecule has 1 amide bonds. The predicted octanol–water partition coefficient (Wildman–Crippen LogP) is 1.09. The Balaban J connectivity index is 1.68. The second-order valence-corrected chi connectivity index (χ2v) is 5.47. The number of hydrogen-bond donors (Lipinski definition) is 1. The van der Waals surface area contributed by atoms with Crippen molar-refractivity contribution in [2.75, 3.05) is 31.2 Å². The van der Waals surface area contributed by atoms with E-state index in [4.69, 9.17) is 4.74 Å². The number of aromatic nitrogens is 3. The third-order valence-electron chi connectivity index (χ3n) is 3.59. The van der Waals surface area contributed by atoms with E-state index in [2.05, 4.69) is 25.2 Å². The average molecular weight is 331 g/mol. The summed E-state index contributed by atoms with van der Waals surface area (Å²) in [6, 6.07) is 2.96. The van der Waals surface area contributed by atoms with Crippen LogP contribution in [0.4, 0.5) is 10.3 Å². The van der Waals surface area contributed by atoms with Gasteiger partial charge in [-0.05, 0) is 19.1 Å². The topological polar surface area (TPSA) is 80.2 Å². The molecule has 0 unspecified atom stereocenters. The lowest BCUT2D eigenvalue weighted by Gasteiger charge is -2.27. The number of carbonyl (C=O) groups is 1. The molecule has 1 aliphatic heterocycles. The molecule has 1 aliphatic rings. The van der Waals surface area contributed by atoms with Crippen molar-refractivity contribution in [1.29, 1.82) is 0 Å². The molecular weight excluding hydrogens is 313 g/mol. The lowest BCUT2D eigenvalue weighted by atomic mass is 10.2. The van der Waals surface area contributed by atoms with E-state index in [-0.39, 0.29) is 12.1 Å². The smallest absolute Gasteiger partial charge is 0.253 e. The maximum atomic E-state index is 13.1. The van der Waals surface area contributed by atoms with Gasteiger partial charge in [-0.15, -0.1) is 0 Å². The van der Waals surface area contributed by atoms with Gasteiger partial charge >= 0.3 is 0 Å². The Kier molecular flexibility index (Phi) is 4.95. The third kappa shape index (κ3) is 4.02. The molecule has 2 aromatic rings. The van der Waals surface area contributed by atoms with Gasteiger partial charge in [-0.2, -0.15) is 0 Å². The van der Waals surface area contributed by atoms with Crippen molar-refractivity contribution in [3.8, 4) is 0 Å². The fourth-order valence-electron chi connectivity index (χ4n) is 2.42. The Morgan fingerprint density at radius 1 is 1.29 bits per heavy atom. The van der Waals surface area contributed by atoms with E-state index < -0.39 is 11.7 Å². The van der Waals surface area contributed by atoms with E-state index in [1.54, 1.807) is 0 Å². The SMILES string of the molecule is Cc1cc(CNC(=O)c2cncc(F)c2)nc(N2CCOCC2)n1. The predicted molar refractivity (Wildman–Crippen MR) is 85.2 cm³/mol. The zero-order chi connectivity index (χ0) is 16.9. The van der Waals surface area contributed by atoms with E-state index in [0.717, 1.165) is 31.0 Å². The number of anilines is 1. The van der Waals surface area contributed by atoms with Gasteiger partial charge in [-0.25, -0.2) is 14.4 Å². The Bertz CT molecular complexity index is 734. The van der Waals surface area contributed by atoms with Gasteiger partial charge in [0.15, 0.2) is 0 Å². The number of pyridine rings is 1. The Labute approximate surface area is 138 Å². The van der Waals surface area contributed by atoms with E-state index in [9.17, 15) is 9.18 Å². The summed E-state index contributed by atoms with van der Waals surface area (Å²) >= 11 is 0. The van der Waals surface area contributed by atoms with Gasteiger partial charge < -0.3 is 15.0 Å². The number of halogens is 1. The second kappa shape index (κ2) is 7.31. The Morgan fingerprint density at radius 2 is 2.08 bits per heavy atom. The van der Waals surface area contributed by atoms with Gasteiger partial charge in [0.1, 0.15) is 5.82 Å². The summed E-state index contributed by atoms with van der Waals surface area (Å²) in [6.07, 6.45) is 2.38. The first-order valence-corrected chi connectivity index (χ1v) is 7.68. The number of carbonyl (C=O) groups excluding carboxylic acids is 1. The van der Waals surface area contributed by atoms with Crippen molar-refractivity contribution in [3.63, 3.8) is 0 Å². The Morgan fingerprint density at radius 3 is 2.83 bits per heavy atom. The summed E-state index contributed by atoms with van der Waals surface area (Å²) in [5.74, 6) is -0.309. The van der Waals surface area contributed by atoms with Gasteiger partial charge in [-0.3, -0.25) is 9.78 Å². The molecule has 7 nitrogen and oxygen atoms in total. The summed E-state index contributed by atoms with van der Waals surface area (Å²) in [5, 5.41) is 2.72. The number of hydrogen-bond acceptors (Lipinski definition) is 6. The molecule has 0 aliphatic carbocycles. The second-order valence-electron chi connectivity index (χ2n) is 5.47. The molecule has 0 aromatic carbocycles. The van der Waals surface area contributed by atoms with Crippen LogP contribution in [0.15, 0.2) is 24.5 Å². The van der Waals surface area contributed by atoms with Crippen LogP contribution in [0.2, 0.25) is 0 Å². The van der Waals surface area contributed by atoms with Crippen LogP contribution in [0.3, 0.4) is 0 Å². The standard InChI is InChI=1S/C16H18FN5O2/c1-11-6-14(21-16(20-11)22-2-4-24-5-3-22)10-19-15(23)12-7-13(17)9-18-8-12/h6-9H,2-5,10H2,1H3,(H,19,23). The van der Waals surface area contributed by atoms with Crippen LogP contribution < -0.4 is 10.2 Å². The molecule has 0 spiro atoms. The lowest BCUT2D eigenvalue weighted by molar-refractivity contribution is 0.0949. The molecule has 2 aromatic heterocycles. The zero-order valence-electron chi connectivity index (χ0n) is 13.3. The summed E-state index contributed by atoms with van der Waals surface area (Å²) < 4.78 is 18.5. The summed E-state index contributed by atoms with van der Waals surface area (Å²) in [6.45, 7) is 4.89. The highest BCUT2D eigenvalue weighted by molar-refractivity contribution is 5.93. The zero-order valence-corrected chi connectivity index (χ0v) is 13.3. The Hall–Kier alpha value is -2.61. The van der Waals surface area contributed by atoms with Crippen molar-refractivity contribution in [2.24, 2.45) is 0 Å². The van der Waals surface area contributed by atoms with Gasteiger partial charge in [0.05, 0.1) is 37.2 Å². The van der Waals surface area contributed by atoms with Gasteiger partial charge in [0.25, 0.3) is 5.91 Å². The van der Waals surface area contributed by atoms with Crippen molar-refractivity contribution in [2.45, 2.75) is 13.5 Å². The summed E-state index contributed by atoms with van der Waals surface area (Å²) in [4.78, 5) is 26.7. The van der Waals surface area contributed by atoms with E-state index in [0.29, 0.717) is 24.9 Å². The van der Waals surface area contributed by atoms with E-state index >= 15 is 0 Å². The van der Waals surface area contributed by atoms with Crippen LogP contribution in [-0.2, 0) is 11.3 Å². The highest BCUT2D eigenvalue weighted by Gasteiger charge is 2.15. The molecule has 0 radical (unpaired) electrons. The van der Waals surface area contributed by atoms with Crippen LogP contribution in [0.5, 0.6) is 0 Å². The number of ether oxygens (including phenoxy) is 1. The average Bonchev–Trinajstić information content (AvgIpc) is 2.60. The first-order valence-electron chi connectivity index (χ1n) is 7.68. The highest BCUT2D eigenvalue weighted by atomic mass is 19.1. The third-order valence-corrected chi connectivity index (χ3v) is 3.59. The van der Waals surface area contributed by atoms with Crippen LogP contribution in [-0.4, -0.2) is 47.2 Å². The molecule has 0 saturated carbocycles. The maximum absolute atomic E-state index is 13.1. The molecule has 1 fully saturated rings. The fourth-order valence-corrected chi connectivity index (χ4v) is 2.42. The first-order chi connectivity index (χ1) is 11.6. The number of amides is 1. The van der Waals surface area contributed by atoms with Gasteiger partial charge in [-0.1, -0.05) is 0 Å². The minimum absolute atomic E-state index is 0.175. The number of morpholine rings is 1. The molecular formula is C16H18FN5O2. The van der Waals surface area contributed by atoms with Gasteiger partial charge in [0.2, 0.25) is 5.95 Å². The summed E-state index contributed by atoms with van der Waals surface area (Å²) in [7, 11) is 0. The number of aryl methyl sites for hydroxylation is 1. The van der Waals surface area contributed by atoms with E-state index in [1.165, 1.54) is 6.20 Å². The summed E-state index contributed by atoms with van der Waals surface area (Å²) in [5.41, 5.74) is 1.69. The maximum Gasteiger partial charge on any atom is 0.253 e. The number of nitrogens with zero attached hydrogens (tertiary/aromatic N) is 4. The normalized spacial score (nSPS) is 14.5. The van der Waals surface area contributed by atoms with Crippen LogP contribution >= 0.6 is 0 Å². The largest absolute Gasteiger partial charge is 0.378 e.